The van der Waals surface area contributed by atoms with Crippen LogP contribution in [0.15, 0.2) is 30.5 Å². The molecule has 3 aromatic rings. The highest BCUT2D eigenvalue weighted by atomic mass is 16.1. The first-order valence-corrected chi connectivity index (χ1v) is 8.17. The average Bonchev–Trinajstić information content (AvgIpc) is 3.29. The zero-order valence-electron chi connectivity index (χ0n) is 13.5. The van der Waals surface area contributed by atoms with Gasteiger partial charge >= 0.3 is 0 Å². The molecule has 1 amide bonds. The number of hydrogen-bond acceptors (Lipinski definition) is 4. The van der Waals surface area contributed by atoms with E-state index in [-0.39, 0.29) is 12.3 Å². The molecule has 7 heteroatoms. The van der Waals surface area contributed by atoms with Crippen molar-refractivity contribution in [3.8, 4) is 0 Å². The molecule has 3 heterocycles. The molecule has 0 radical (unpaired) electrons. The minimum Gasteiger partial charge on any atom is -0.323 e. The maximum absolute atomic E-state index is 12.5. The van der Waals surface area contributed by atoms with Gasteiger partial charge in [-0.15, -0.1) is 0 Å². The number of hydrogen-bond donors (Lipinski definition) is 3. The van der Waals surface area contributed by atoms with E-state index in [4.69, 9.17) is 0 Å². The van der Waals surface area contributed by atoms with E-state index >= 15 is 0 Å². The van der Waals surface area contributed by atoms with Crippen molar-refractivity contribution in [2.45, 2.75) is 18.8 Å². The van der Waals surface area contributed by atoms with E-state index in [0.717, 1.165) is 47.5 Å². The largest absolute Gasteiger partial charge is 0.323 e. The molecule has 0 aliphatic carbocycles. The molecule has 124 valence electrons. The van der Waals surface area contributed by atoms with Crippen molar-refractivity contribution >= 4 is 22.5 Å². The number of aromatic amines is 1. The van der Waals surface area contributed by atoms with Crippen molar-refractivity contribution < 1.29 is 4.79 Å². The quantitative estimate of drug-likeness (QED) is 0.679. The lowest BCUT2D eigenvalue weighted by Gasteiger charge is -2.09. The summed E-state index contributed by atoms with van der Waals surface area (Å²) >= 11 is 0. The smallest absolute Gasteiger partial charge is 0.230 e. The summed E-state index contributed by atoms with van der Waals surface area (Å²) < 4.78 is 1.81. The van der Waals surface area contributed by atoms with E-state index in [2.05, 4.69) is 25.9 Å². The fourth-order valence-corrected chi connectivity index (χ4v) is 3.37. The van der Waals surface area contributed by atoms with Crippen LogP contribution in [0.2, 0.25) is 0 Å². The van der Waals surface area contributed by atoms with E-state index in [1.54, 1.807) is 6.20 Å². The Bertz CT molecular complexity index is 874. The molecular formula is C17H20N6O. The van der Waals surface area contributed by atoms with Crippen LogP contribution in [0.3, 0.4) is 0 Å². The number of benzene rings is 1. The Hall–Kier alpha value is -2.67. The molecule has 7 nitrogen and oxygen atoms in total. The number of nitrogens with zero attached hydrogens (tertiary/aromatic N) is 3. The summed E-state index contributed by atoms with van der Waals surface area (Å²) in [5.41, 5.74) is 3.59. The highest BCUT2D eigenvalue weighted by Crippen LogP contribution is 2.27. The normalized spacial score (nSPS) is 17.5. The summed E-state index contributed by atoms with van der Waals surface area (Å²) in [6, 6.07) is 7.94. The second-order valence-corrected chi connectivity index (χ2v) is 6.20. The summed E-state index contributed by atoms with van der Waals surface area (Å²) in [4.78, 5) is 12.5. The minimum atomic E-state index is -0.0764. The SMILES string of the molecule is Cn1nc(CC(=O)Nc2cn[nH]c2C2CCNC2)c2ccccc21. The van der Waals surface area contributed by atoms with Crippen molar-refractivity contribution in [1.29, 1.82) is 0 Å². The molecule has 1 unspecified atom stereocenters. The molecule has 0 saturated carbocycles. The Morgan fingerprint density at radius 2 is 2.29 bits per heavy atom. The number of H-pyrrole nitrogens is 1. The lowest BCUT2D eigenvalue weighted by atomic mass is 10.0. The molecule has 1 aliphatic rings. The molecule has 1 aromatic carbocycles. The molecule has 0 bridgehead atoms. The molecule has 1 aliphatic heterocycles. The number of rotatable bonds is 4. The average molecular weight is 324 g/mol. The zero-order chi connectivity index (χ0) is 16.5. The number of nitrogens with one attached hydrogen (secondary N) is 3. The fraction of sp³-hybridized carbons (Fsp3) is 0.353. The Morgan fingerprint density at radius 3 is 3.12 bits per heavy atom. The summed E-state index contributed by atoms with van der Waals surface area (Å²) in [5, 5.41) is 18.9. The Balaban J connectivity index is 1.52. The first-order valence-electron chi connectivity index (χ1n) is 8.17. The second-order valence-electron chi connectivity index (χ2n) is 6.20. The van der Waals surface area contributed by atoms with Gasteiger partial charge in [-0.3, -0.25) is 14.6 Å². The van der Waals surface area contributed by atoms with Crippen LogP contribution in [0.1, 0.15) is 23.7 Å². The first kappa shape index (κ1) is 14.9. The maximum atomic E-state index is 12.5. The van der Waals surface area contributed by atoms with E-state index in [0.29, 0.717) is 5.92 Å². The van der Waals surface area contributed by atoms with Crippen molar-refractivity contribution in [3.05, 3.63) is 41.9 Å². The van der Waals surface area contributed by atoms with Crippen molar-refractivity contribution in [3.63, 3.8) is 0 Å². The van der Waals surface area contributed by atoms with Crippen molar-refractivity contribution in [1.82, 2.24) is 25.3 Å². The van der Waals surface area contributed by atoms with Gasteiger partial charge in [0.2, 0.25) is 5.91 Å². The molecule has 2 aromatic heterocycles. The van der Waals surface area contributed by atoms with Gasteiger partial charge in [0.1, 0.15) is 0 Å². The number of anilines is 1. The Kier molecular flexibility index (Phi) is 3.78. The molecule has 1 atom stereocenters. The van der Waals surface area contributed by atoms with E-state index in [1.165, 1.54) is 0 Å². The van der Waals surface area contributed by atoms with Crippen LogP contribution < -0.4 is 10.6 Å². The third kappa shape index (κ3) is 2.67. The number of fused-ring (bicyclic) bond motifs is 1. The topological polar surface area (TPSA) is 87.6 Å². The number of para-hydroxylation sites is 1. The molecule has 4 rings (SSSR count). The van der Waals surface area contributed by atoms with Crippen LogP contribution in [0.5, 0.6) is 0 Å². The number of aromatic nitrogens is 4. The lowest BCUT2D eigenvalue weighted by molar-refractivity contribution is -0.115. The second kappa shape index (κ2) is 6.09. The van der Waals surface area contributed by atoms with Crippen LogP contribution in [0.4, 0.5) is 5.69 Å². The molecule has 0 spiro atoms. The fourth-order valence-electron chi connectivity index (χ4n) is 3.37. The van der Waals surface area contributed by atoms with Gasteiger partial charge in [-0.2, -0.15) is 10.2 Å². The molecule has 1 saturated heterocycles. The molecule has 1 fully saturated rings. The van der Waals surface area contributed by atoms with E-state index < -0.39 is 0 Å². The summed E-state index contributed by atoms with van der Waals surface area (Å²) in [7, 11) is 1.89. The van der Waals surface area contributed by atoms with Crippen molar-refractivity contribution in [2.75, 3.05) is 18.4 Å². The van der Waals surface area contributed by atoms with Crippen LogP contribution in [0.25, 0.3) is 10.9 Å². The Labute approximate surface area is 139 Å². The predicted octanol–water partition coefficient (Wildman–Crippen LogP) is 1.55. The summed E-state index contributed by atoms with van der Waals surface area (Å²) in [5.74, 6) is 0.297. The van der Waals surface area contributed by atoms with Gasteiger partial charge in [-0.1, -0.05) is 18.2 Å². The van der Waals surface area contributed by atoms with Gasteiger partial charge < -0.3 is 10.6 Å². The van der Waals surface area contributed by atoms with Gasteiger partial charge in [-0.05, 0) is 19.0 Å². The molecular weight excluding hydrogens is 304 g/mol. The summed E-state index contributed by atoms with van der Waals surface area (Å²) in [6.45, 7) is 1.91. The number of amides is 1. The third-order valence-electron chi connectivity index (χ3n) is 4.57. The summed E-state index contributed by atoms with van der Waals surface area (Å²) in [6.07, 6.45) is 2.98. The maximum Gasteiger partial charge on any atom is 0.230 e. The lowest BCUT2D eigenvalue weighted by Crippen LogP contribution is -2.17. The Morgan fingerprint density at radius 1 is 1.42 bits per heavy atom. The van der Waals surface area contributed by atoms with Crippen molar-refractivity contribution in [2.24, 2.45) is 7.05 Å². The van der Waals surface area contributed by atoms with Gasteiger partial charge in [0.25, 0.3) is 0 Å². The van der Waals surface area contributed by atoms with E-state index in [1.807, 2.05) is 36.0 Å². The number of carbonyl (C=O) groups is 1. The molecule has 3 N–H and O–H groups in total. The van der Waals surface area contributed by atoms with Gasteiger partial charge in [0.15, 0.2) is 0 Å². The van der Waals surface area contributed by atoms with Crippen LogP contribution >= 0.6 is 0 Å². The third-order valence-corrected chi connectivity index (χ3v) is 4.57. The highest BCUT2D eigenvalue weighted by Gasteiger charge is 2.22. The zero-order valence-corrected chi connectivity index (χ0v) is 13.5. The van der Waals surface area contributed by atoms with Gasteiger partial charge in [0, 0.05) is 24.9 Å². The standard InChI is InChI=1S/C17H20N6O/c1-23-15-5-3-2-4-12(15)13(22-23)8-16(24)20-14-10-19-21-17(14)11-6-7-18-9-11/h2-5,10-11,18H,6-9H2,1H3,(H,19,21)(H,20,24). The number of aryl methyl sites for hydroxylation is 1. The van der Waals surface area contributed by atoms with E-state index in [9.17, 15) is 4.79 Å². The van der Waals surface area contributed by atoms with Crippen LogP contribution in [-0.2, 0) is 18.3 Å². The van der Waals surface area contributed by atoms with Crippen LogP contribution in [-0.4, -0.2) is 39.0 Å². The van der Waals surface area contributed by atoms with Gasteiger partial charge in [0.05, 0.1) is 35.2 Å². The monoisotopic (exact) mass is 324 g/mol. The van der Waals surface area contributed by atoms with Gasteiger partial charge in [-0.25, -0.2) is 0 Å². The highest BCUT2D eigenvalue weighted by molar-refractivity contribution is 5.95. The first-order chi connectivity index (χ1) is 11.7. The van der Waals surface area contributed by atoms with Crippen LogP contribution in [0, 0.1) is 0 Å². The predicted molar refractivity (Wildman–Crippen MR) is 91.9 cm³/mol. The molecule has 24 heavy (non-hydrogen) atoms. The number of carbonyl (C=O) groups excluding carboxylic acids is 1. The minimum absolute atomic E-state index is 0.0764.